The Morgan fingerprint density at radius 3 is 2.05 bits per heavy atom. The molecular formula is C14H27NO5. The van der Waals surface area contributed by atoms with Gasteiger partial charge in [0.25, 0.3) is 0 Å². The molecule has 0 aromatic rings. The monoisotopic (exact) mass is 289 g/mol. The fourth-order valence-corrected chi connectivity index (χ4v) is 1.62. The van der Waals surface area contributed by atoms with E-state index >= 15 is 0 Å². The molecule has 2 N–H and O–H groups in total. The van der Waals surface area contributed by atoms with Gasteiger partial charge in [0.2, 0.25) is 5.91 Å². The van der Waals surface area contributed by atoms with Crippen LogP contribution < -0.4 is 0 Å². The molecule has 2 amide bonds. The molecular weight excluding hydrogens is 262 g/mol. The number of hydrogen-bond acceptors (Lipinski definition) is 5. The van der Waals surface area contributed by atoms with Gasteiger partial charge in [-0.3, -0.25) is 4.79 Å². The van der Waals surface area contributed by atoms with Gasteiger partial charge in [0.05, 0.1) is 0 Å². The summed E-state index contributed by atoms with van der Waals surface area (Å²) in [5, 5.41) is 16.2. The van der Waals surface area contributed by atoms with Crippen LogP contribution in [0.25, 0.3) is 0 Å². The molecule has 6 nitrogen and oxygen atoms in total. The zero-order chi connectivity index (χ0) is 16.1. The van der Waals surface area contributed by atoms with Gasteiger partial charge in [-0.15, -0.1) is 0 Å². The number of likely N-dealkylation sites (tertiary alicyclic amines) is 1. The van der Waals surface area contributed by atoms with Crippen molar-refractivity contribution in [2.75, 3.05) is 6.54 Å². The molecule has 0 aliphatic carbocycles. The Morgan fingerprint density at radius 2 is 1.75 bits per heavy atom. The minimum atomic E-state index is -1.50. The van der Waals surface area contributed by atoms with E-state index in [1.54, 1.807) is 20.8 Å². The molecule has 0 radical (unpaired) electrons. The second-order valence-electron chi connectivity index (χ2n) is 6.36. The van der Waals surface area contributed by atoms with Crippen LogP contribution in [0.1, 0.15) is 54.4 Å². The first-order valence-corrected chi connectivity index (χ1v) is 6.84. The second kappa shape index (κ2) is 7.04. The normalized spacial score (nSPS) is 19.5. The number of carbonyl (C=O) groups excluding carboxylic acids is 2. The maximum Gasteiger partial charge on any atom is 0.417 e. The zero-order valence-corrected chi connectivity index (χ0v) is 13.3. The summed E-state index contributed by atoms with van der Waals surface area (Å²) in [5.74, 6) is -1.59. The Bertz CT molecular complexity index is 334. The average Bonchev–Trinajstić information content (AvgIpc) is 2.54. The number of carbonyl (C=O) groups is 2. The maximum atomic E-state index is 11.7. The van der Waals surface area contributed by atoms with Gasteiger partial charge in [0.15, 0.2) is 5.79 Å². The highest BCUT2D eigenvalue weighted by molar-refractivity contribution is 5.94. The summed E-state index contributed by atoms with van der Waals surface area (Å²) in [4.78, 5) is 24.5. The van der Waals surface area contributed by atoms with Crippen molar-refractivity contribution in [2.45, 2.75) is 65.8 Å². The van der Waals surface area contributed by atoms with Crippen LogP contribution in [0.2, 0.25) is 0 Å². The van der Waals surface area contributed by atoms with Crippen LogP contribution in [0, 0.1) is 5.92 Å². The van der Waals surface area contributed by atoms with E-state index in [0.29, 0.717) is 6.54 Å². The molecule has 118 valence electrons. The van der Waals surface area contributed by atoms with E-state index in [0.717, 1.165) is 12.8 Å². The fourth-order valence-electron chi connectivity index (χ4n) is 1.62. The van der Waals surface area contributed by atoms with Gasteiger partial charge in [0.1, 0.15) is 5.60 Å². The molecule has 0 spiro atoms. The molecule has 6 heteroatoms. The lowest BCUT2D eigenvalue weighted by Crippen LogP contribution is -2.38. The summed E-state index contributed by atoms with van der Waals surface area (Å²) in [5.41, 5.74) is -0.540. The Hall–Kier alpha value is -1.14. The number of nitrogens with zero attached hydrogens (tertiary/aromatic N) is 1. The highest BCUT2D eigenvalue weighted by Crippen LogP contribution is 2.22. The SMILES string of the molecule is CC(C)(O)O.CCC1CCN(C(=O)OC(C)(C)C)C1=O. The smallest absolute Gasteiger partial charge is 0.417 e. The zero-order valence-electron chi connectivity index (χ0n) is 13.3. The first-order chi connectivity index (χ1) is 8.85. The van der Waals surface area contributed by atoms with Crippen molar-refractivity contribution in [3.63, 3.8) is 0 Å². The number of aliphatic hydroxyl groups is 2. The molecule has 0 aromatic carbocycles. The summed E-state index contributed by atoms with van der Waals surface area (Å²) in [6, 6.07) is 0. The first-order valence-electron chi connectivity index (χ1n) is 6.84. The summed E-state index contributed by atoms with van der Waals surface area (Å²) >= 11 is 0. The van der Waals surface area contributed by atoms with Crippen molar-refractivity contribution >= 4 is 12.0 Å². The third-order valence-corrected chi connectivity index (χ3v) is 2.42. The predicted molar refractivity (Wildman–Crippen MR) is 74.9 cm³/mol. The topological polar surface area (TPSA) is 87.1 Å². The molecule has 1 saturated heterocycles. The Balaban J connectivity index is 0.000000621. The molecule has 0 aromatic heterocycles. The van der Waals surface area contributed by atoms with E-state index in [1.807, 2.05) is 6.92 Å². The van der Waals surface area contributed by atoms with Crippen LogP contribution in [0.3, 0.4) is 0 Å². The molecule has 0 saturated carbocycles. The summed E-state index contributed by atoms with van der Waals surface area (Å²) in [6.07, 6.45) is 1.04. The lowest BCUT2D eigenvalue weighted by atomic mass is 10.1. The summed E-state index contributed by atoms with van der Waals surface area (Å²) in [7, 11) is 0. The van der Waals surface area contributed by atoms with Gasteiger partial charge in [-0.1, -0.05) is 6.92 Å². The quantitative estimate of drug-likeness (QED) is 0.720. The minimum Gasteiger partial charge on any atom is -0.443 e. The number of rotatable bonds is 1. The molecule has 1 rings (SSSR count). The van der Waals surface area contributed by atoms with Crippen molar-refractivity contribution in [1.29, 1.82) is 0 Å². The third-order valence-electron chi connectivity index (χ3n) is 2.42. The third kappa shape index (κ3) is 8.12. The van der Waals surface area contributed by atoms with E-state index in [4.69, 9.17) is 14.9 Å². The number of amides is 2. The van der Waals surface area contributed by atoms with Gasteiger partial charge in [-0.25, -0.2) is 9.69 Å². The van der Waals surface area contributed by atoms with Crippen molar-refractivity contribution in [2.24, 2.45) is 5.92 Å². The molecule has 0 bridgehead atoms. The highest BCUT2D eigenvalue weighted by atomic mass is 16.6. The van der Waals surface area contributed by atoms with Crippen molar-refractivity contribution in [3.8, 4) is 0 Å². The van der Waals surface area contributed by atoms with Crippen LogP contribution in [0.4, 0.5) is 4.79 Å². The summed E-state index contributed by atoms with van der Waals surface area (Å²) < 4.78 is 5.15. The largest absolute Gasteiger partial charge is 0.443 e. The molecule has 1 aliphatic heterocycles. The average molecular weight is 289 g/mol. The van der Waals surface area contributed by atoms with E-state index in [-0.39, 0.29) is 11.8 Å². The number of imide groups is 1. The predicted octanol–water partition coefficient (Wildman–Crippen LogP) is 1.89. The first kappa shape index (κ1) is 18.9. The molecule has 1 unspecified atom stereocenters. The Morgan fingerprint density at radius 1 is 1.30 bits per heavy atom. The van der Waals surface area contributed by atoms with Crippen LogP contribution in [0.15, 0.2) is 0 Å². The fraction of sp³-hybridized carbons (Fsp3) is 0.857. The molecule has 20 heavy (non-hydrogen) atoms. The van der Waals surface area contributed by atoms with E-state index < -0.39 is 17.5 Å². The van der Waals surface area contributed by atoms with Crippen molar-refractivity contribution < 1.29 is 24.5 Å². The van der Waals surface area contributed by atoms with Gasteiger partial charge in [-0.05, 0) is 47.5 Å². The highest BCUT2D eigenvalue weighted by Gasteiger charge is 2.36. The van der Waals surface area contributed by atoms with E-state index in [2.05, 4.69) is 0 Å². The molecule has 1 fully saturated rings. The molecule has 1 heterocycles. The molecule has 1 aliphatic rings. The Labute approximate surface area is 120 Å². The lowest BCUT2D eigenvalue weighted by Gasteiger charge is -2.23. The van der Waals surface area contributed by atoms with Crippen LogP contribution in [-0.2, 0) is 9.53 Å². The van der Waals surface area contributed by atoms with Gasteiger partial charge >= 0.3 is 6.09 Å². The number of hydrogen-bond donors (Lipinski definition) is 2. The van der Waals surface area contributed by atoms with Gasteiger partial charge in [-0.2, -0.15) is 0 Å². The van der Waals surface area contributed by atoms with Gasteiger partial charge < -0.3 is 14.9 Å². The lowest BCUT2D eigenvalue weighted by molar-refractivity contribution is -0.130. The van der Waals surface area contributed by atoms with Crippen LogP contribution >= 0.6 is 0 Å². The standard InChI is InChI=1S/C11H19NO3.C3H8O2/c1-5-8-6-7-12(9(8)13)10(14)15-11(2,3)4;1-3(2,4)5/h8H,5-7H2,1-4H3;4-5H,1-2H3. The van der Waals surface area contributed by atoms with E-state index in [9.17, 15) is 9.59 Å². The van der Waals surface area contributed by atoms with Crippen molar-refractivity contribution in [1.82, 2.24) is 4.90 Å². The van der Waals surface area contributed by atoms with E-state index in [1.165, 1.54) is 18.7 Å². The summed E-state index contributed by atoms with van der Waals surface area (Å²) in [6.45, 7) is 10.4. The molecule has 1 atom stereocenters. The second-order valence-corrected chi connectivity index (χ2v) is 6.36. The van der Waals surface area contributed by atoms with Crippen molar-refractivity contribution in [3.05, 3.63) is 0 Å². The maximum absolute atomic E-state index is 11.7. The minimum absolute atomic E-state index is 0.00230. The van der Waals surface area contributed by atoms with Crippen LogP contribution in [-0.4, -0.2) is 45.0 Å². The number of ether oxygens (including phenoxy) is 1. The van der Waals surface area contributed by atoms with Crippen LogP contribution in [0.5, 0.6) is 0 Å². The van der Waals surface area contributed by atoms with Gasteiger partial charge in [0, 0.05) is 12.5 Å². The Kier molecular flexibility index (Phi) is 6.64.